The van der Waals surface area contributed by atoms with Gasteiger partial charge in [0.2, 0.25) is 0 Å². The first kappa shape index (κ1) is 35.6. The summed E-state index contributed by atoms with van der Waals surface area (Å²) in [6, 6.07) is -0.787. The van der Waals surface area contributed by atoms with Crippen molar-refractivity contribution < 1.29 is 53.6 Å². The normalized spacial score (nSPS) is 41.8. The number of rotatable bonds is 3. The van der Waals surface area contributed by atoms with Crippen LogP contribution in [-0.4, -0.2) is 153 Å². The van der Waals surface area contributed by atoms with Crippen molar-refractivity contribution in [1.29, 1.82) is 0 Å². The number of amides is 1. The van der Waals surface area contributed by atoms with Gasteiger partial charge >= 0.3 is 6.09 Å². The Balaban J connectivity index is 0.000000246. The van der Waals surface area contributed by atoms with Crippen molar-refractivity contribution >= 4 is 40.0 Å². The Morgan fingerprint density at radius 2 is 1.68 bits per heavy atom. The van der Waals surface area contributed by atoms with Gasteiger partial charge in [-0.3, -0.25) is 14.9 Å². The molecule has 0 aliphatic carbocycles. The zero-order valence-electron chi connectivity index (χ0n) is 26.5. The Kier molecular flexibility index (Phi) is 10.9. The van der Waals surface area contributed by atoms with E-state index < -0.39 is 71.2 Å². The SMILES string of the molecule is CN=C1N[C@@H]2[C@@H](O)[C@H](O)[C@@H](CO)O[C@@H]2S1.CO[C@@]1(C)O[C@@H]2[C@H]3N=C(N(C)C(=O)OC(C)(C)C)S[C@H]3O[C@H](CO)[C@H]2OC1(C)C. The maximum Gasteiger partial charge on any atom is 0.416 e. The van der Waals surface area contributed by atoms with Gasteiger partial charge in [-0.25, -0.2) is 4.79 Å². The van der Waals surface area contributed by atoms with E-state index in [-0.39, 0.29) is 24.7 Å². The Labute approximate surface area is 266 Å². The van der Waals surface area contributed by atoms with E-state index >= 15 is 0 Å². The molecule has 44 heavy (non-hydrogen) atoms. The van der Waals surface area contributed by atoms with Gasteiger partial charge < -0.3 is 54.2 Å². The average molecular weight is 667 g/mol. The van der Waals surface area contributed by atoms with E-state index in [1.165, 1.54) is 28.4 Å². The Bertz CT molecular complexity index is 1110. The van der Waals surface area contributed by atoms with Crippen LogP contribution in [0.2, 0.25) is 0 Å². The number of thioether (sulfide) groups is 2. The van der Waals surface area contributed by atoms with E-state index in [0.29, 0.717) is 10.3 Å². The number of nitrogens with one attached hydrogen (secondary N) is 1. The molecule has 15 nitrogen and oxygen atoms in total. The molecule has 5 heterocycles. The van der Waals surface area contributed by atoms with Crippen molar-refractivity contribution in [3.8, 4) is 0 Å². The van der Waals surface area contributed by atoms with Crippen LogP contribution in [0.1, 0.15) is 41.5 Å². The Morgan fingerprint density at radius 3 is 2.25 bits per heavy atom. The lowest BCUT2D eigenvalue weighted by atomic mass is 9.89. The fraction of sp³-hybridized carbons (Fsp3) is 0.889. The lowest BCUT2D eigenvalue weighted by Crippen LogP contribution is -2.70. The van der Waals surface area contributed by atoms with E-state index in [9.17, 15) is 20.1 Å². The summed E-state index contributed by atoms with van der Waals surface area (Å²) in [7, 11) is 4.82. The zero-order chi connectivity index (χ0) is 32.8. The number of carbonyl (C=O) groups is 1. The molecule has 0 aromatic rings. The molecule has 1 amide bonds. The topological polar surface area (TPSA) is 193 Å². The number of aliphatic hydroxyl groups is 4. The third-order valence-corrected chi connectivity index (χ3v) is 10.5. The fourth-order valence-corrected chi connectivity index (χ4v) is 7.55. The lowest BCUT2D eigenvalue weighted by Gasteiger charge is -2.56. The number of hydrogen-bond acceptors (Lipinski definition) is 15. The minimum Gasteiger partial charge on any atom is -0.443 e. The van der Waals surface area contributed by atoms with E-state index in [0.717, 1.165) is 0 Å². The number of ether oxygens (including phenoxy) is 6. The first-order valence-corrected chi connectivity index (χ1v) is 16.2. The molecule has 0 bridgehead atoms. The van der Waals surface area contributed by atoms with Crippen LogP contribution in [0.3, 0.4) is 0 Å². The van der Waals surface area contributed by atoms with Crippen LogP contribution in [0.25, 0.3) is 0 Å². The third-order valence-electron chi connectivity index (χ3n) is 8.11. The summed E-state index contributed by atoms with van der Waals surface area (Å²) in [4.78, 5) is 22.5. The summed E-state index contributed by atoms with van der Waals surface area (Å²) in [5.74, 6) is -1.00. The van der Waals surface area contributed by atoms with E-state index in [2.05, 4.69) is 10.3 Å². The summed E-state index contributed by atoms with van der Waals surface area (Å²) in [5, 5.41) is 42.4. The Morgan fingerprint density at radius 1 is 1.05 bits per heavy atom. The van der Waals surface area contributed by atoms with Gasteiger partial charge in [-0.05, 0) is 41.5 Å². The molecular formula is C27H46N4O11S2. The zero-order valence-corrected chi connectivity index (χ0v) is 28.1. The summed E-state index contributed by atoms with van der Waals surface area (Å²) in [5.41, 5.74) is -2.10. The predicted octanol–water partition coefficient (Wildman–Crippen LogP) is 0.0833. The average Bonchev–Trinajstić information content (AvgIpc) is 3.58. The molecule has 0 aromatic heterocycles. The summed E-state index contributed by atoms with van der Waals surface area (Å²) in [6.45, 7) is 10.5. The fourth-order valence-electron chi connectivity index (χ4n) is 5.27. The summed E-state index contributed by atoms with van der Waals surface area (Å²) >= 11 is 2.66. The second-order valence-corrected chi connectivity index (χ2v) is 14.8. The summed E-state index contributed by atoms with van der Waals surface area (Å²) in [6.07, 6.45) is -4.84. The van der Waals surface area contributed by atoms with Gasteiger partial charge in [-0.15, -0.1) is 0 Å². The highest BCUT2D eigenvalue weighted by molar-refractivity contribution is 8.14. The largest absolute Gasteiger partial charge is 0.443 e. The van der Waals surface area contributed by atoms with Crippen LogP contribution in [-0.2, 0) is 28.4 Å². The van der Waals surface area contributed by atoms with Gasteiger partial charge in [0.25, 0.3) is 0 Å². The third kappa shape index (κ3) is 7.02. The number of aliphatic hydroxyl groups excluding tert-OH is 4. The quantitative estimate of drug-likeness (QED) is 0.272. The molecule has 252 valence electrons. The highest BCUT2D eigenvalue weighted by atomic mass is 32.2. The van der Waals surface area contributed by atoms with Gasteiger partial charge in [0, 0.05) is 21.2 Å². The molecular weight excluding hydrogens is 620 g/mol. The maximum atomic E-state index is 12.4. The minimum absolute atomic E-state index is 0.217. The molecule has 11 atom stereocenters. The van der Waals surface area contributed by atoms with Crippen molar-refractivity contribution in [3.05, 3.63) is 0 Å². The van der Waals surface area contributed by atoms with Crippen LogP contribution < -0.4 is 5.32 Å². The van der Waals surface area contributed by atoms with Gasteiger partial charge in [0.05, 0.1) is 19.3 Å². The minimum atomic E-state index is -1.07. The summed E-state index contributed by atoms with van der Waals surface area (Å²) < 4.78 is 35.2. The molecule has 0 radical (unpaired) electrons. The smallest absolute Gasteiger partial charge is 0.416 e. The molecule has 5 aliphatic rings. The van der Waals surface area contributed by atoms with Crippen LogP contribution in [0, 0.1) is 0 Å². The second kappa shape index (κ2) is 13.5. The van der Waals surface area contributed by atoms with Crippen molar-refractivity contribution in [2.24, 2.45) is 9.98 Å². The van der Waals surface area contributed by atoms with E-state index in [1.54, 1.807) is 21.2 Å². The van der Waals surface area contributed by atoms with Crippen molar-refractivity contribution in [3.63, 3.8) is 0 Å². The van der Waals surface area contributed by atoms with Crippen LogP contribution in [0.5, 0.6) is 0 Å². The number of aliphatic imine (C=N–C) groups is 2. The van der Waals surface area contributed by atoms with Crippen molar-refractivity contribution in [1.82, 2.24) is 10.2 Å². The second-order valence-electron chi connectivity index (χ2n) is 12.6. The monoisotopic (exact) mass is 666 g/mol. The lowest BCUT2D eigenvalue weighted by molar-refractivity contribution is -0.404. The molecule has 0 aromatic carbocycles. The molecule has 5 rings (SSSR count). The Hall–Kier alpha value is -1.25. The number of carbonyl (C=O) groups excluding carboxylic acids is 1. The standard InChI is InChI=1S/C19H32N2O7S.C8H14N2O4S/c1-17(2,3)28-16(23)21(7)15-20-11-13-12(10(9-22)25-14(11)29-15)26-18(4,5)19(6,24-8)27-13;1-9-8-10-4-6(13)5(12)3(2-11)14-7(4)15-8/h10-14,22H,9H2,1-8H3;3-7,11-13H,2H2,1H3,(H,9,10)/t10-,11-,12-,13-,14-,19+;3-,4-,5-,6-,7-/m11/s1. The van der Waals surface area contributed by atoms with Crippen molar-refractivity contribution in [2.75, 3.05) is 34.4 Å². The predicted molar refractivity (Wildman–Crippen MR) is 163 cm³/mol. The first-order chi connectivity index (χ1) is 20.5. The number of amidine groups is 2. The number of methoxy groups -OCH3 is 1. The van der Waals surface area contributed by atoms with Gasteiger partial charge in [-0.2, -0.15) is 0 Å². The molecule has 0 spiro atoms. The van der Waals surface area contributed by atoms with Crippen molar-refractivity contribution in [2.45, 2.75) is 118 Å². The molecule has 4 fully saturated rings. The molecule has 5 aliphatic heterocycles. The molecule has 4 saturated heterocycles. The molecule has 0 unspecified atom stereocenters. The van der Waals surface area contributed by atoms with E-state index in [4.69, 9.17) is 38.5 Å². The number of fused-ring (bicyclic) bond motifs is 4. The number of hydrogen-bond donors (Lipinski definition) is 5. The molecule has 0 saturated carbocycles. The van der Waals surface area contributed by atoms with Crippen LogP contribution in [0.4, 0.5) is 4.79 Å². The van der Waals surface area contributed by atoms with Crippen LogP contribution in [0.15, 0.2) is 9.98 Å². The van der Waals surface area contributed by atoms with Crippen LogP contribution >= 0.6 is 23.5 Å². The maximum absolute atomic E-state index is 12.4. The highest BCUT2D eigenvalue weighted by Crippen LogP contribution is 2.47. The van der Waals surface area contributed by atoms with Gasteiger partial charge in [0.15, 0.2) is 16.1 Å². The number of nitrogens with zero attached hydrogens (tertiary/aromatic N) is 3. The van der Waals surface area contributed by atoms with Gasteiger partial charge in [-0.1, -0.05) is 23.5 Å². The molecule has 17 heteroatoms. The van der Waals surface area contributed by atoms with E-state index in [1.807, 2.05) is 41.5 Å². The highest BCUT2D eigenvalue weighted by Gasteiger charge is 2.61. The first-order valence-electron chi connectivity index (χ1n) is 14.4. The molecule has 5 N–H and O–H groups in total. The van der Waals surface area contributed by atoms with Gasteiger partial charge in [0.1, 0.15) is 64.7 Å².